The quantitative estimate of drug-likeness (QED) is 0.153. The first-order valence-corrected chi connectivity index (χ1v) is 18.3. The monoisotopic (exact) mass is 741 g/mol. The molecule has 4 fully saturated rings. The molecule has 2 aliphatic carbocycles. The first kappa shape index (κ1) is 35.8. The number of anilines is 1. The van der Waals surface area contributed by atoms with Crippen molar-refractivity contribution in [2.75, 3.05) is 44.2 Å². The van der Waals surface area contributed by atoms with E-state index in [4.69, 9.17) is 16.1 Å². The number of nitriles is 1. The van der Waals surface area contributed by atoms with E-state index < -0.39 is 30.0 Å². The molecule has 4 atom stereocenters. The smallest absolute Gasteiger partial charge is 0.471 e. The molecule has 280 valence electrons. The summed E-state index contributed by atoms with van der Waals surface area (Å²) in [5.41, 5.74) is 0.0873. The molecule has 2 saturated carbocycles. The lowest BCUT2D eigenvalue weighted by Gasteiger charge is -2.47. The summed E-state index contributed by atoms with van der Waals surface area (Å²) in [7, 11) is 0. The number of carbonyl (C=O) groups is 1. The zero-order chi connectivity index (χ0) is 38.2. The van der Waals surface area contributed by atoms with Gasteiger partial charge in [-0.2, -0.15) is 28.4 Å². The molecule has 1 N–H and O–H groups in total. The standard InChI is InChI=1S/C40H39F4N7O3/c1-4-23-8-7-9-24-12-28(52)13-29(31(23)24)33-32(41)34-30(15-46-33)35(50-17-26(5-2)51(27(6-3)18-50)36(53)40(42,43)44)48-37(47-34)54-22-38(10-11-38)20-49-16-25-14-39(25,19-45)21-49/h1,7-9,12-13,15,25-27,52H,5-6,10-11,14,16-18,20-22H2,2-3H3. The average Bonchev–Trinajstić information content (AvgIpc) is 4.06. The third-order valence-corrected chi connectivity index (χ3v) is 11.8. The Morgan fingerprint density at radius 1 is 1.13 bits per heavy atom. The van der Waals surface area contributed by atoms with E-state index in [0.29, 0.717) is 22.3 Å². The van der Waals surface area contributed by atoms with Crippen LogP contribution in [-0.4, -0.2) is 93.4 Å². The zero-order valence-electron chi connectivity index (χ0n) is 30.0. The number of hydrogen-bond acceptors (Lipinski definition) is 9. The number of aromatic nitrogens is 3. The summed E-state index contributed by atoms with van der Waals surface area (Å²) < 4.78 is 64.7. The minimum Gasteiger partial charge on any atom is -0.508 e. The van der Waals surface area contributed by atoms with Crippen molar-refractivity contribution in [1.29, 1.82) is 5.26 Å². The highest BCUT2D eigenvalue weighted by molar-refractivity contribution is 6.03. The highest BCUT2D eigenvalue weighted by atomic mass is 19.4. The summed E-state index contributed by atoms with van der Waals surface area (Å²) in [4.78, 5) is 31.5. The number of pyridine rings is 1. The van der Waals surface area contributed by atoms with Crippen LogP contribution in [0.25, 0.3) is 32.9 Å². The normalized spacial score (nSPS) is 24.6. The summed E-state index contributed by atoms with van der Waals surface area (Å²) in [6, 6.07) is 8.92. The van der Waals surface area contributed by atoms with Gasteiger partial charge < -0.3 is 24.5 Å². The maximum absolute atomic E-state index is 17.1. The van der Waals surface area contributed by atoms with Gasteiger partial charge in [-0.15, -0.1) is 6.42 Å². The number of aromatic hydroxyl groups is 1. The fraction of sp³-hybridized carbons (Fsp3) is 0.475. The number of benzene rings is 2. The van der Waals surface area contributed by atoms with Gasteiger partial charge in [0.05, 0.1) is 23.5 Å². The Morgan fingerprint density at radius 3 is 2.50 bits per heavy atom. The SMILES string of the molecule is C#Cc1cccc2cc(O)cc(-c3ncc4c(N5CC(CC)N(C(=O)C(F)(F)F)C(CC)C5)nc(OCC5(CN6CC7CC7(C#N)C6)CC5)nc4c3F)c12. The van der Waals surface area contributed by atoms with E-state index in [1.54, 1.807) is 36.9 Å². The number of piperidine rings is 1. The number of hydrogen-bond donors (Lipinski definition) is 1. The number of fused-ring (bicyclic) bond motifs is 3. The number of terminal acetylenes is 1. The summed E-state index contributed by atoms with van der Waals surface area (Å²) >= 11 is 0. The van der Waals surface area contributed by atoms with Crippen LogP contribution in [0.4, 0.5) is 23.4 Å². The van der Waals surface area contributed by atoms with Crippen LogP contribution in [0.3, 0.4) is 0 Å². The second kappa shape index (κ2) is 13.0. The highest BCUT2D eigenvalue weighted by Gasteiger charge is 2.62. The number of phenols is 1. The second-order valence-corrected chi connectivity index (χ2v) is 15.4. The van der Waals surface area contributed by atoms with Crippen LogP contribution >= 0.6 is 0 Å². The Kier molecular flexibility index (Phi) is 8.60. The molecule has 14 heteroatoms. The van der Waals surface area contributed by atoms with Crippen molar-refractivity contribution in [2.24, 2.45) is 16.7 Å². The molecule has 4 unspecified atom stereocenters. The van der Waals surface area contributed by atoms with Gasteiger partial charge in [-0.25, -0.2) is 4.39 Å². The maximum Gasteiger partial charge on any atom is 0.471 e. The first-order valence-electron chi connectivity index (χ1n) is 18.3. The second-order valence-electron chi connectivity index (χ2n) is 15.4. The van der Waals surface area contributed by atoms with Crippen LogP contribution in [0.5, 0.6) is 11.8 Å². The molecule has 4 aromatic rings. The van der Waals surface area contributed by atoms with Crippen molar-refractivity contribution in [2.45, 2.75) is 64.2 Å². The van der Waals surface area contributed by atoms with Crippen LogP contribution < -0.4 is 9.64 Å². The molecule has 8 rings (SSSR count). The van der Waals surface area contributed by atoms with Gasteiger partial charge in [0.2, 0.25) is 0 Å². The predicted molar refractivity (Wildman–Crippen MR) is 193 cm³/mol. The third kappa shape index (κ3) is 6.10. The van der Waals surface area contributed by atoms with Gasteiger partial charge in [0, 0.05) is 72.9 Å². The number of nitrogens with zero attached hydrogens (tertiary/aromatic N) is 7. The van der Waals surface area contributed by atoms with Gasteiger partial charge in [0.15, 0.2) is 5.82 Å². The number of phenolic OH excluding ortho intramolecular Hbond substituents is 1. The van der Waals surface area contributed by atoms with Crippen molar-refractivity contribution in [3.05, 3.63) is 47.9 Å². The minimum atomic E-state index is -5.03. The van der Waals surface area contributed by atoms with E-state index in [1.165, 1.54) is 18.3 Å². The number of alkyl halides is 3. The summed E-state index contributed by atoms with van der Waals surface area (Å²) in [5.74, 6) is 0.447. The van der Waals surface area contributed by atoms with E-state index in [0.717, 1.165) is 43.8 Å². The van der Waals surface area contributed by atoms with Gasteiger partial charge in [-0.05, 0) is 61.6 Å². The number of likely N-dealkylation sites (tertiary alicyclic amines) is 1. The molecule has 0 spiro atoms. The Balaban J connectivity index is 1.20. The topological polar surface area (TPSA) is 119 Å². The van der Waals surface area contributed by atoms with Crippen molar-refractivity contribution in [3.63, 3.8) is 0 Å². The van der Waals surface area contributed by atoms with Gasteiger partial charge in [0.1, 0.15) is 22.8 Å². The third-order valence-electron chi connectivity index (χ3n) is 11.8. The van der Waals surface area contributed by atoms with Crippen LogP contribution in [0.2, 0.25) is 0 Å². The van der Waals surface area contributed by atoms with Gasteiger partial charge in [0.25, 0.3) is 0 Å². The molecule has 54 heavy (non-hydrogen) atoms. The Hall–Kier alpha value is -5.21. The van der Waals surface area contributed by atoms with Gasteiger partial charge in [-0.1, -0.05) is 31.9 Å². The number of rotatable bonds is 9. The molecule has 10 nitrogen and oxygen atoms in total. The summed E-state index contributed by atoms with van der Waals surface area (Å²) in [5, 5.41) is 21.6. The minimum absolute atomic E-state index is 0.00712. The lowest BCUT2D eigenvalue weighted by molar-refractivity contribution is -0.191. The van der Waals surface area contributed by atoms with E-state index in [2.05, 4.69) is 26.9 Å². The molecule has 2 saturated heterocycles. The van der Waals surface area contributed by atoms with E-state index in [-0.39, 0.29) is 83.1 Å². The molecular weight excluding hydrogens is 702 g/mol. The maximum atomic E-state index is 17.1. The average molecular weight is 742 g/mol. The van der Waals surface area contributed by atoms with Crippen LogP contribution in [0.1, 0.15) is 51.5 Å². The van der Waals surface area contributed by atoms with Crippen molar-refractivity contribution in [3.8, 4) is 41.4 Å². The Labute approximate surface area is 309 Å². The fourth-order valence-corrected chi connectivity index (χ4v) is 8.69. The largest absolute Gasteiger partial charge is 0.508 e. The summed E-state index contributed by atoms with van der Waals surface area (Å²) in [6.07, 6.45) is 5.45. The molecule has 2 aromatic heterocycles. The van der Waals surface area contributed by atoms with Crippen molar-refractivity contribution >= 4 is 33.4 Å². The molecule has 2 aromatic carbocycles. The Morgan fingerprint density at radius 2 is 1.87 bits per heavy atom. The predicted octanol–water partition coefficient (Wildman–Crippen LogP) is 6.44. The number of halogens is 4. The molecule has 0 radical (unpaired) electrons. The first-order chi connectivity index (χ1) is 25.8. The van der Waals surface area contributed by atoms with E-state index in [9.17, 15) is 28.3 Å². The molecule has 1 amide bonds. The zero-order valence-corrected chi connectivity index (χ0v) is 30.0. The number of piperazine rings is 1. The number of carbonyl (C=O) groups excluding carboxylic acids is 1. The van der Waals surface area contributed by atoms with Crippen molar-refractivity contribution < 1.29 is 32.2 Å². The van der Waals surface area contributed by atoms with E-state index >= 15 is 4.39 Å². The molecule has 0 bridgehead atoms. The van der Waals surface area contributed by atoms with Crippen LogP contribution in [-0.2, 0) is 4.79 Å². The molecule has 4 aliphatic rings. The van der Waals surface area contributed by atoms with Gasteiger partial charge in [-0.3, -0.25) is 9.78 Å². The van der Waals surface area contributed by atoms with Crippen LogP contribution in [0, 0.1) is 46.2 Å². The molecule has 2 aliphatic heterocycles. The number of ether oxygens (including phenoxy) is 1. The highest BCUT2D eigenvalue weighted by Crippen LogP contribution is 2.58. The molecule has 4 heterocycles. The molecular formula is C40H39F4N7O3. The Bertz CT molecular complexity index is 2250. The lowest BCUT2D eigenvalue weighted by Crippen LogP contribution is -2.63. The van der Waals surface area contributed by atoms with Crippen LogP contribution in [0.15, 0.2) is 36.5 Å². The summed E-state index contributed by atoms with van der Waals surface area (Å²) in [6.45, 7) is 6.07. The number of amides is 1. The van der Waals surface area contributed by atoms with E-state index in [1.807, 2.05) is 0 Å². The van der Waals surface area contributed by atoms with Crippen molar-refractivity contribution in [1.82, 2.24) is 24.8 Å². The van der Waals surface area contributed by atoms with Gasteiger partial charge >= 0.3 is 18.1 Å². The lowest BCUT2D eigenvalue weighted by atomic mass is 9.96. The fourth-order valence-electron chi connectivity index (χ4n) is 8.69.